The van der Waals surface area contributed by atoms with Crippen LogP contribution >= 0.6 is 0 Å². The van der Waals surface area contributed by atoms with Gasteiger partial charge in [0.1, 0.15) is 0 Å². The minimum Gasteiger partial charge on any atom is -0.436 e. The SMILES string of the molecule is CCCN(CCO)C(=O)c1oc(C)nc1C. The number of aliphatic hydroxyl groups is 1. The van der Waals surface area contributed by atoms with Gasteiger partial charge in [-0.3, -0.25) is 4.79 Å². The first-order valence-corrected chi connectivity index (χ1v) is 5.44. The molecule has 0 bridgehead atoms. The lowest BCUT2D eigenvalue weighted by atomic mass is 10.3. The second-order valence-electron chi connectivity index (χ2n) is 3.66. The fraction of sp³-hybridized carbons (Fsp3) is 0.636. The summed E-state index contributed by atoms with van der Waals surface area (Å²) < 4.78 is 5.27. The van der Waals surface area contributed by atoms with Gasteiger partial charge in [-0.25, -0.2) is 4.98 Å². The van der Waals surface area contributed by atoms with Gasteiger partial charge in [-0.15, -0.1) is 0 Å². The number of nitrogens with zero attached hydrogens (tertiary/aromatic N) is 2. The van der Waals surface area contributed by atoms with E-state index in [-0.39, 0.29) is 18.3 Å². The van der Waals surface area contributed by atoms with Gasteiger partial charge in [-0.1, -0.05) is 6.92 Å². The van der Waals surface area contributed by atoms with Gasteiger partial charge in [0.2, 0.25) is 5.76 Å². The smallest absolute Gasteiger partial charge is 0.291 e. The minimum absolute atomic E-state index is 0.0437. The molecule has 0 radical (unpaired) electrons. The predicted molar refractivity (Wildman–Crippen MR) is 59.3 cm³/mol. The molecular formula is C11H18N2O3. The predicted octanol–water partition coefficient (Wildman–Crippen LogP) is 1.14. The fourth-order valence-corrected chi connectivity index (χ4v) is 1.58. The highest BCUT2D eigenvalue weighted by atomic mass is 16.4. The van der Waals surface area contributed by atoms with Crippen LogP contribution in [0.15, 0.2) is 4.42 Å². The molecule has 5 heteroatoms. The second-order valence-corrected chi connectivity index (χ2v) is 3.66. The third-order valence-electron chi connectivity index (χ3n) is 2.25. The van der Waals surface area contributed by atoms with Crippen LogP contribution < -0.4 is 0 Å². The van der Waals surface area contributed by atoms with E-state index < -0.39 is 0 Å². The topological polar surface area (TPSA) is 66.6 Å². The lowest BCUT2D eigenvalue weighted by Crippen LogP contribution is -2.34. The normalized spacial score (nSPS) is 10.5. The molecule has 16 heavy (non-hydrogen) atoms. The molecule has 1 amide bonds. The number of aryl methyl sites for hydroxylation is 2. The minimum atomic E-state index is -0.200. The Labute approximate surface area is 95.1 Å². The highest BCUT2D eigenvalue weighted by Crippen LogP contribution is 2.12. The number of rotatable bonds is 5. The fourth-order valence-electron chi connectivity index (χ4n) is 1.58. The van der Waals surface area contributed by atoms with Crippen LogP contribution in [0.2, 0.25) is 0 Å². The molecule has 0 aliphatic rings. The maximum Gasteiger partial charge on any atom is 0.291 e. The zero-order valence-electron chi connectivity index (χ0n) is 9.99. The quantitative estimate of drug-likeness (QED) is 0.817. The third-order valence-corrected chi connectivity index (χ3v) is 2.25. The van der Waals surface area contributed by atoms with Crippen LogP contribution in [0.5, 0.6) is 0 Å². The van der Waals surface area contributed by atoms with Gasteiger partial charge in [0.05, 0.1) is 12.3 Å². The van der Waals surface area contributed by atoms with Gasteiger partial charge < -0.3 is 14.4 Å². The number of oxazole rings is 1. The maximum atomic E-state index is 12.0. The number of hydrogen-bond donors (Lipinski definition) is 1. The Bertz CT molecular complexity index is 354. The third kappa shape index (κ3) is 2.82. The van der Waals surface area contributed by atoms with E-state index in [1.54, 1.807) is 18.7 Å². The van der Waals surface area contributed by atoms with E-state index in [1.807, 2.05) is 6.92 Å². The standard InChI is InChI=1S/C11H18N2O3/c1-4-5-13(6-7-14)11(15)10-8(2)12-9(3)16-10/h14H,4-7H2,1-3H3. The van der Waals surface area contributed by atoms with Crippen molar-refractivity contribution >= 4 is 5.91 Å². The molecule has 0 saturated carbocycles. The monoisotopic (exact) mass is 226 g/mol. The van der Waals surface area contributed by atoms with Crippen LogP contribution in [0.1, 0.15) is 35.5 Å². The molecular weight excluding hydrogens is 208 g/mol. The molecule has 0 aromatic carbocycles. The molecule has 1 heterocycles. The Morgan fingerprint density at radius 1 is 1.44 bits per heavy atom. The number of hydrogen-bond acceptors (Lipinski definition) is 4. The van der Waals surface area contributed by atoms with Gasteiger partial charge in [-0.05, 0) is 13.3 Å². The summed E-state index contributed by atoms with van der Waals surface area (Å²) in [4.78, 5) is 17.7. The van der Waals surface area contributed by atoms with Crippen molar-refractivity contribution < 1.29 is 14.3 Å². The number of aromatic nitrogens is 1. The van der Waals surface area contributed by atoms with Gasteiger partial charge in [-0.2, -0.15) is 0 Å². The summed E-state index contributed by atoms with van der Waals surface area (Å²) in [7, 11) is 0. The van der Waals surface area contributed by atoms with E-state index >= 15 is 0 Å². The summed E-state index contributed by atoms with van der Waals surface area (Å²) in [6.45, 7) is 6.32. The molecule has 0 unspecified atom stereocenters. The molecule has 0 saturated heterocycles. The van der Waals surface area contributed by atoms with Crippen LogP contribution in [-0.4, -0.2) is 40.6 Å². The average molecular weight is 226 g/mol. The molecule has 1 aromatic heterocycles. The molecule has 0 aliphatic carbocycles. The van der Waals surface area contributed by atoms with Crippen molar-refractivity contribution in [2.45, 2.75) is 27.2 Å². The Morgan fingerprint density at radius 3 is 2.56 bits per heavy atom. The van der Waals surface area contributed by atoms with Gasteiger partial charge in [0.15, 0.2) is 5.89 Å². The number of aliphatic hydroxyl groups excluding tert-OH is 1. The van der Waals surface area contributed by atoms with Crippen molar-refractivity contribution in [2.75, 3.05) is 19.7 Å². The summed E-state index contributed by atoms with van der Waals surface area (Å²) in [5.74, 6) is 0.565. The molecule has 0 atom stereocenters. The maximum absolute atomic E-state index is 12.0. The van der Waals surface area contributed by atoms with Crippen LogP contribution in [0, 0.1) is 13.8 Å². The highest BCUT2D eigenvalue weighted by Gasteiger charge is 2.21. The van der Waals surface area contributed by atoms with Crippen LogP contribution in [0.3, 0.4) is 0 Å². The lowest BCUT2D eigenvalue weighted by molar-refractivity contribution is 0.0688. The summed E-state index contributed by atoms with van der Waals surface area (Å²) in [6, 6.07) is 0. The lowest BCUT2D eigenvalue weighted by Gasteiger charge is -2.19. The van der Waals surface area contributed by atoms with Gasteiger partial charge in [0.25, 0.3) is 5.91 Å². The average Bonchev–Trinajstić information content (AvgIpc) is 2.56. The van der Waals surface area contributed by atoms with E-state index in [0.717, 1.165) is 6.42 Å². The van der Waals surface area contributed by atoms with E-state index in [1.165, 1.54) is 0 Å². The van der Waals surface area contributed by atoms with Crippen molar-refractivity contribution in [2.24, 2.45) is 0 Å². The van der Waals surface area contributed by atoms with Crippen LogP contribution in [0.4, 0.5) is 0 Å². The zero-order valence-corrected chi connectivity index (χ0v) is 9.99. The van der Waals surface area contributed by atoms with Crippen molar-refractivity contribution in [1.82, 2.24) is 9.88 Å². The first-order valence-electron chi connectivity index (χ1n) is 5.44. The van der Waals surface area contributed by atoms with Crippen LogP contribution in [0.25, 0.3) is 0 Å². The first kappa shape index (κ1) is 12.7. The Balaban J connectivity index is 2.85. The molecule has 0 aliphatic heterocycles. The van der Waals surface area contributed by atoms with Gasteiger partial charge in [0, 0.05) is 20.0 Å². The summed E-state index contributed by atoms with van der Waals surface area (Å²) >= 11 is 0. The summed E-state index contributed by atoms with van der Waals surface area (Å²) in [6.07, 6.45) is 0.845. The molecule has 1 N–H and O–H groups in total. The number of carbonyl (C=O) groups is 1. The van der Waals surface area contributed by atoms with Crippen molar-refractivity contribution in [3.05, 3.63) is 17.3 Å². The van der Waals surface area contributed by atoms with Crippen molar-refractivity contribution in [3.8, 4) is 0 Å². The highest BCUT2D eigenvalue weighted by molar-refractivity contribution is 5.92. The van der Waals surface area contributed by atoms with Crippen molar-refractivity contribution in [1.29, 1.82) is 0 Å². The van der Waals surface area contributed by atoms with Gasteiger partial charge >= 0.3 is 0 Å². The number of carbonyl (C=O) groups excluding carboxylic acids is 1. The van der Waals surface area contributed by atoms with E-state index in [9.17, 15) is 4.79 Å². The largest absolute Gasteiger partial charge is 0.436 e. The van der Waals surface area contributed by atoms with E-state index in [2.05, 4.69) is 4.98 Å². The molecule has 0 fully saturated rings. The summed E-state index contributed by atoms with van der Waals surface area (Å²) in [5.41, 5.74) is 0.599. The van der Waals surface area contributed by atoms with Crippen molar-refractivity contribution in [3.63, 3.8) is 0 Å². The first-order chi connectivity index (χ1) is 7.60. The molecule has 0 spiro atoms. The Kier molecular flexibility index (Phi) is 4.49. The molecule has 1 rings (SSSR count). The molecule has 90 valence electrons. The second kappa shape index (κ2) is 5.65. The van der Waals surface area contributed by atoms with Crippen LogP contribution in [-0.2, 0) is 0 Å². The Morgan fingerprint density at radius 2 is 2.12 bits per heavy atom. The zero-order chi connectivity index (χ0) is 12.1. The Hall–Kier alpha value is -1.36. The molecule has 5 nitrogen and oxygen atoms in total. The van der Waals surface area contributed by atoms with E-state index in [0.29, 0.717) is 24.7 Å². The summed E-state index contributed by atoms with van der Waals surface area (Å²) in [5, 5.41) is 8.89. The number of amides is 1. The van der Waals surface area contributed by atoms with E-state index in [4.69, 9.17) is 9.52 Å². The molecule has 1 aromatic rings.